The molecule has 2 rings (SSSR count). The van der Waals surface area contributed by atoms with Gasteiger partial charge in [-0.3, -0.25) is 4.90 Å². The van der Waals surface area contributed by atoms with Crippen LogP contribution in [0.4, 0.5) is 0 Å². The second-order valence-corrected chi connectivity index (χ2v) is 5.49. The van der Waals surface area contributed by atoms with E-state index in [9.17, 15) is 0 Å². The molecule has 1 heterocycles. The van der Waals surface area contributed by atoms with Crippen molar-refractivity contribution in [3.8, 4) is 0 Å². The Balaban J connectivity index is 0.00000162. The van der Waals surface area contributed by atoms with E-state index in [4.69, 9.17) is 4.74 Å². The van der Waals surface area contributed by atoms with Crippen molar-refractivity contribution in [3.05, 3.63) is 30.3 Å². The van der Waals surface area contributed by atoms with Crippen LogP contribution in [0.5, 0.6) is 0 Å². The van der Waals surface area contributed by atoms with Gasteiger partial charge >= 0.3 is 0 Å². The molecule has 0 radical (unpaired) electrons. The minimum atomic E-state index is 0. The summed E-state index contributed by atoms with van der Waals surface area (Å²) in [4.78, 5) is 3.90. The number of halogens is 1. The summed E-state index contributed by atoms with van der Waals surface area (Å²) < 4.78 is 5.34. The van der Waals surface area contributed by atoms with E-state index in [-0.39, 0.29) is 12.4 Å². The molecule has 18 heavy (non-hydrogen) atoms. The molecule has 0 unspecified atom stereocenters. The van der Waals surface area contributed by atoms with Crippen molar-refractivity contribution in [2.75, 3.05) is 38.6 Å². The molecule has 1 saturated heterocycles. The van der Waals surface area contributed by atoms with Crippen LogP contribution < -0.4 is 12.4 Å². The van der Waals surface area contributed by atoms with E-state index in [1.165, 1.54) is 30.0 Å². The van der Waals surface area contributed by atoms with Crippen LogP contribution in [0.1, 0.15) is 12.8 Å². The van der Waals surface area contributed by atoms with Crippen molar-refractivity contribution in [2.45, 2.75) is 17.7 Å². The summed E-state index contributed by atoms with van der Waals surface area (Å²) in [5.74, 6) is 1.23. The Kier molecular flexibility index (Phi) is 8.51. The Bertz CT molecular complexity index is 304. The first-order valence-corrected chi connectivity index (χ1v) is 7.42. The molecule has 0 atom stereocenters. The lowest BCUT2D eigenvalue weighted by Gasteiger charge is -2.26. The summed E-state index contributed by atoms with van der Waals surface area (Å²) in [7, 11) is 0. The predicted molar refractivity (Wildman–Crippen MR) is 73.7 cm³/mol. The Morgan fingerprint density at radius 3 is 2.50 bits per heavy atom. The topological polar surface area (TPSA) is 12.5 Å². The maximum Gasteiger partial charge on any atom is 0.0594 e. The van der Waals surface area contributed by atoms with Crippen molar-refractivity contribution < 1.29 is 17.1 Å². The average molecular weight is 287 g/mol. The highest BCUT2D eigenvalue weighted by Crippen LogP contribution is 2.18. The number of hydrogen-bond acceptors (Lipinski definition) is 3. The normalized spacial score (nSPS) is 16.2. The van der Waals surface area contributed by atoms with Crippen LogP contribution in [0, 0.1) is 0 Å². The third-order valence-electron chi connectivity index (χ3n) is 2.98. The lowest BCUT2D eigenvalue weighted by Crippen LogP contribution is -3.00. The van der Waals surface area contributed by atoms with E-state index in [1.807, 2.05) is 11.8 Å². The third-order valence-corrected chi connectivity index (χ3v) is 4.08. The molecular weight excluding hydrogens is 266 g/mol. The van der Waals surface area contributed by atoms with Crippen molar-refractivity contribution in [3.63, 3.8) is 0 Å². The highest BCUT2D eigenvalue weighted by Gasteiger charge is 2.08. The molecule has 0 aliphatic carbocycles. The van der Waals surface area contributed by atoms with Gasteiger partial charge in [-0.25, -0.2) is 0 Å². The number of rotatable bonds is 6. The molecule has 1 aromatic carbocycles. The van der Waals surface area contributed by atoms with Gasteiger partial charge in [-0.05, 0) is 37.3 Å². The highest BCUT2D eigenvalue weighted by atomic mass is 35.5. The molecule has 1 aromatic rings. The molecule has 1 aliphatic rings. The predicted octanol–water partition coefficient (Wildman–Crippen LogP) is -0.105. The quantitative estimate of drug-likeness (QED) is 0.535. The van der Waals surface area contributed by atoms with Gasteiger partial charge in [0.15, 0.2) is 0 Å². The van der Waals surface area contributed by atoms with Gasteiger partial charge in [-0.1, -0.05) is 18.2 Å². The lowest BCUT2D eigenvalue weighted by molar-refractivity contribution is -0.00000499. The number of unbranched alkanes of at least 4 members (excludes halogenated alkanes) is 1. The Morgan fingerprint density at radius 1 is 1.06 bits per heavy atom. The maximum atomic E-state index is 5.34. The van der Waals surface area contributed by atoms with E-state index < -0.39 is 0 Å². The zero-order valence-electron chi connectivity index (χ0n) is 10.7. The summed E-state index contributed by atoms with van der Waals surface area (Å²) in [5.41, 5.74) is 0. The summed E-state index contributed by atoms with van der Waals surface area (Å²) >= 11 is 1.96. The fourth-order valence-corrected chi connectivity index (χ4v) is 2.90. The van der Waals surface area contributed by atoms with Gasteiger partial charge in [0.1, 0.15) is 0 Å². The van der Waals surface area contributed by atoms with Crippen molar-refractivity contribution in [1.82, 2.24) is 4.90 Å². The van der Waals surface area contributed by atoms with Crippen LogP contribution in [0.2, 0.25) is 0 Å². The summed E-state index contributed by atoms with van der Waals surface area (Å²) in [6.07, 6.45) is 2.61. The van der Waals surface area contributed by atoms with Gasteiger partial charge in [0.05, 0.1) is 13.2 Å². The summed E-state index contributed by atoms with van der Waals surface area (Å²) in [6.45, 7) is 5.30. The largest absolute Gasteiger partial charge is 1.00 e. The Morgan fingerprint density at radius 2 is 1.78 bits per heavy atom. The zero-order chi connectivity index (χ0) is 11.8. The van der Waals surface area contributed by atoms with Crippen LogP contribution in [-0.2, 0) is 4.74 Å². The maximum absolute atomic E-state index is 5.34. The van der Waals surface area contributed by atoms with Gasteiger partial charge in [-0.2, -0.15) is 0 Å². The molecule has 0 N–H and O–H groups in total. The fourth-order valence-electron chi connectivity index (χ4n) is 1.97. The standard InChI is InChI=1S/C14H21NOS.ClH/c1-2-6-14(7-3-1)17-13-5-4-8-15-9-11-16-12-10-15;/h1-3,6-7H,4-5,8-13H2;1H/p-1. The second-order valence-electron chi connectivity index (χ2n) is 4.32. The number of thioether (sulfide) groups is 1. The summed E-state index contributed by atoms with van der Waals surface area (Å²) in [6, 6.07) is 10.7. The average Bonchev–Trinajstić information content (AvgIpc) is 2.41. The minimum absolute atomic E-state index is 0. The van der Waals surface area contributed by atoms with Gasteiger partial charge in [0, 0.05) is 18.0 Å². The number of hydrogen-bond donors (Lipinski definition) is 0. The first-order valence-electron chi connectivity index (χ1n) is 6.43. The molecule has 1 aliphatic heterocycles. The van der Waals surface area contributed by atoms with E-state index >= 15 is 0 Å². The number of ether oxygens (including phenoxy) is 1. The second kappa shape index (κ2) is 9.68. The lowest BCUT2D eigenvalue weighted by atomic mass is 10.3. The number of benzene rings is 1. The molecule has 102 valence electrons. The van der Waals surface area contributed by atoms with Gasteiger partial charge in [-0.15, -0.1) is 11.8 Å². The van der Waals surface area contributed by atoms with Crippen LogP contribution in [0.25, 0.3) is 0 Å². The number of nitrogens with zero attached hydrogens (tertiary/aromatic N) is 1. The summed E-state index contributed by atoms with van der Waals surface area (Å²) in [5, 5.41) is 0. The van der Waals surface area contributed by atoms with Crippen molar-refractivity contribution in [2.24, 2.45) is 0 Å². The highest BCUT2D eigenvalue weighted by molar-refractivity contribution is 7.99. The van der Waals surface area contributed by atoms with Crippen molar-refractivity contribution in [1.29, 1.82) is 0 Å². The van der Waals surface area contributed by atoms with Gasteiger partial charge in [0.25, 0.3) is 0 Å². The van der Waals surface area contributed by atoms with E-state index in [0.717, 1.165) is 26.3 Å². The SMILES string of the molecule is [Cl-].c1ccc(SCCCCN2CCOCC2)cc1. The smallest absolute Gasteiger partial charge is 0.0594 e. The van der Waals surface area contributed by atoms with E-state index in [2.05, 4.69) is 35.2 Å². The fraction of sp³-hybridized carbons (Fsp3) is 0.571. The van der Waals surface area contributed by atoms with Crippen molar-refractivity contribution >= 4 is 11.8 Å². The zero-order valence-corrected chi connectivity index (χ0v) is 12.3. The molecule has 2 nitrogen and oxygen atoms in total. The first-order chi connectivity index (χ1) is 8.45. The molecule has 0 aromatic heterocycles. The Labute approximate surface area is 120 Å². The molecule has 1 fully saturated rings. The minimum Gasteiger partial charge on any atom is -1.00 e. The van der Waals surface area contributed by atoms with Crippen LogP contribution in [-0.4, -0.2) is 43.5 Å². The van der Waals surface area contributed by atoms with Crippen LogP contribution in [0.3, 0.4) is 0 Å². The molecule has 0 saturated carbocycles. The monoisotopic (exact) mass is 286 g/mol. The molecule has 0 amide bonds. The molecule has 0 bridgehead atoms. The van der Waals surface area contributed by atoms with Gasteiger partial charge < -0.3 is 17.1 Å². The Hall–Kier alpha value is -0.220. The molecule has 4 heteroatoms. The van der Waals surface area contributed by atoms with Gasteiger partial charge in [0.2, 0.25) is 0 Å². The third kappa shape index (κ3) is 6.10. The van der Waals surface area contributed by atoms with E-state index in [0.29, 0.717) is 0 Å². The van der Waals surface area contributed by atoms with E-state index in [1.54, 1.807) is 0 Å². The number of morpholine rings is 1. The molecular formula is C14H21ClNOS-. The first kappa shape index (κ1) is 15.8. The van der Waals surface area contributed by atoms with Crippen LogP contribution >= 0.6 is 11.8 Å². The van der Waals surface area contributed by atoms with Crippen LogP contribution in [0.15, 0.2) is 35.2 Å². The molecule has 0 spiro atoms.